The zero-order chi connectivity index (χ0) is 16.4. The fraction of sp³-hybridized carbons (Fsp3) is 0.625. The number of hydrogen-bond donors (Lipinski definition) is 1. The Kier molecular flexibility index (Phi) is 4.30. The largest absolute Gasteiger partial charge is 0.485 e. The van der Waals surface area contributed by atoms with E-state index in [1.165, 1.54) is 0 Å². The third-order valence-electron chi connectivity index (χ3n) is 4.54. The van der Waals surface area contributed by atoms with Gasteiger partial charge in [0.25, 0.3) is 0 Å². The zero-order valence-corrected chi connectivity index (χ0v) is 13.6. The van der Waals surface area contributed by atoms with Gasteiger partial charge in [-0.3, -0.25) is 0 Å². The summed E-state index contributed by atoms with van der Waals surface area (Å²) in [5, 5.41) is 0. The van der Waals surface area contributed by atoms with E-state index in [0.29, 0.717) is 37.7 Å². The minimum absolute atomic E-state index is 0.192. The molecule has 0 bridgehead atoms. The highest BCUT2D eigenvalue weighted by atomic mass is 16.6. The smallest absolute Gasteiger partial charge is 0.409 e. The molecule has 7 heteroatoms. The highest BCUT2D eigenvalue weighted by Crippen LogP contribution is 2.43. The number of piperidine rings is 1. The maximum Gasteiger partial charge on any atom is 0.409 e. The molecule has 3 heterocycles. The minimum Gasteiger partial charge on any atom is -0.485 e. The maximum absolute atomic E-state index is 11.8. The van der Waals surface area contributed by atoms with Gasteiger partial charge in [-0.1, -0.05) is 0 Å². The average molecular weight is 321 g/mol. The Morgan fingerprint density at radius 2 is 2.22 bits per heavy atom. The second-order valence-corrected chi connectivity index (χ2v) is 6.02. The van der Waals surface area contributed by atoms with Crippen LogP contribution in [0.1, 0.15) is 37.9 Å². The molecule has 1 aromatic rings. The Labute approximate surface area is 135 Å². The van der Waals surface area contributed by atoms with Gasteiger partial charge in [-0.05, 0) is 13.0 Å². The third-order valence-corrected chi connectivity index (χ3v) is 4.54. The number of hydrogen-bond acceptors (Lipinski definition) is 6. The first kappa shape index (κ1) is 15.9. The Balaban J connectivity index is 1.72. The van der Waals surface area contributed by atoms with Crippen molar-refractivity contribution in [3.8, 4) is 11.6 Å². The summed E-state index contributed by atoms with van der Waals surface area (Å²) in [6.45, 7) is 3.43. The molecule has 23 heavy (non-hydrogen) atoms. The molecule has 0 aliphatic carbocycles. The van der Waals surface area contributed by atoms with Gasteiger partial charge in [-0.25, -0.2) is 9.78 Å². The summed E-state index contributed by atoms with van der Waals surface area (Å²) in [6.07, 6.45) is 1.92. The molecule has 1 unspecified atom stereocenters. The van der Waals surface area contributed by atoms with Crippen LogP contribution in [0.25, 0.3) is 0 Å². The summed E-state index contributed by atoms with van der Waals surface area (Å²) in [7, 11) is 1.58. The predicted octanol–water partition coefficient (Wildman–Crippen LogP) is 1.86. The van der Waals surface area contributed by atoms with E-state index in [2.05, 4.69) is 4.98 Å². The van der Waals surface area contributed by atoms with Crippen LogP contribution in [0, 0.1) is 0 Å². The molecule has 2 N–H and O–H groups in total. The van der Waals surface area contributed by atoms with Gasteiger partial charge in [0.15, 0.2) is 0 Å². The second-order valence-electron chi connectivity index (χ2n) is 6.02. The lowest BCUT2D eigenvalue weighted by Gasteiger charge is -2.45. The number of pyridine rings is 1. The molecule has 0 aromatic carbocycles. The van der Waals surface area contributed by atoms with Crippen molar-refractivity contribution < 1.29 is 19.0 Å². The topological polar surface area (TPSA) is 86.9 Å². The fourth-order valence-electron chi connectivity index (χ4n) is 3.30. The molecular weight excluding hydrogens is 298 g/mol. The van der Waals surface area contributed by atoms with Crippen LogP contribution in [-0.4, -0.2) is 48.4 Å². The van der Waals surface area contributed by atoms with Gasteiger partial charge in [0.2, 0.25) is 5.88 Å². The molecule has 1 aromatic heterocycles. The first-order valence-corrected chi connectivity index (χ1v) is 7.98. The van der Waals surface area contributed by atoms with Crippen molar-refractivity contribution in [1.29, 1.82) is 0 Å². The number of methoxy groups -OCH3 is 1. The van der Waals surface area contributed by atoms with Gasteiger partial charge in [-0.2, -0.15) is 0 Å². The molecule has 0 radical (unpaired) electrons. The van der Waals surface area contributed by atoms with Crippen molar-refractivity contribution in [2.45, 2.75) is 37.8 Å². The van der Waals surface area contributed by atoms with Gasteiger partial charge in [0.1, 0.15) is 17.0 Å². The van der Waals surface area contributed by atoms with Crippen LogP contribution in [0.3, 0.4) is 0 Å². The summed E-state index contributed by atoms with van der Waals surface area (Å²) in [4.78, 5) is 17.9. The van der Waals surface area contributed by atoms with Crippen LogP contribution in [0.2, 0.25) is 0 Å². The summed E-state index contributed by atoms with van der Waals surface area (Å²) in [5.74, 6) is 1.25. The Bertz CT molecular complexity index is 585. The number of carbonyl (C=O) groups excluding carboxylic acids is 1. The van der Waals surface area contributed by atoms with Crippen molar-refractivity contribution in [2.75, 3.05) is 26.8 Å². The monoisotopic (exact) mass is 321 g/mol. The Morgan fingerprint density at radius 1 is 1.48 bits per heavy atom. The fourth-order valence-corrected chi connectivity index (χ4v) is 3.30. The quantitative estimate of drug-likeness (QED) is 0.894. The van der Waals surface area contributed by atoms with Gasteiger partial charge in [0, 0.05) is 38.4 Å². The van der Waals surface area contributed by atoms with Crippen molar-refractivity contribution in [2.24, 2.45) is 5.73 Å². The van der Waals surface area contributed by atoms with Gasteiger partial charge in [-0.15, -0.1) is 0 Å². The van der Waals surface area contributed by atoms with E-state index in [4.69, 9.17) is 19.9 Å². The number of nitrogens with zero attached hydrogens (tertiary/aromatic N) is 2. The van der Waals surface area contributed by atoms with Crippen molar-refractivity contribution in [1.82, 2.24) is 9.88 Å². The van der Waals surface area contributed by atoms with E-state index in [1.807, 2.05) is 13.0 Å². The Morgan fingerprint density at radius 3 is 2.87 bits per heavy atom. The molecule has 7 nitrogen and oxygen atoms in total. The standard InChI is InChI=1S/C16H23N3O4/c1-3-22-15(20)19-8-6-16(7-9-19)10-11(17)14-12(23-16)4-5-13(18-14)21-2/h4-5,11H,3,6-10,17H2,1-2H3. The number of ether oxygens (including phenoxy) is 3. The van der Waals surface area contributed by atoms with Crippen LogP contribution < -0.4 is 15.2 Å². The van der Waals surface area contributed by atoms with Gasteiger partial charge < -0.3 is 24.8 Å². The molecule has 1 fully saturated rings. The number of aromatic nitrogens is 1. The summed E-state index contributed by atoms with van der Waals surface area (Å²) >= 11 is 0. The van der Waals surface area contributed by atoms with Crippen LogP contribution >= 0.6 is 0 Å². The number of fused-ring (bicyclic) bond motifs is 1. The van der Waals surface area contributed by atoms with Crippen molar-refractivity contribution >= 4 is 6.09 Å². The van der Waals surface area contributed by atoms with E-state index in [0.717, 1.165) is 18.5 Å². The molecule has 126 valence electrons. The number of amides is 1. The molecule has 2 aliphatic heterocycles. The highest BCUT2D eigenvalue weighted by Gasteiger charge is 2.44. The molecule has 0 saturated carbocycles. The molecule has 1 amide bonds. The molecule has 2 aliphatic rings. The maximum atomic E-state index is 11.8. The van der Waals surface area contributed by atoms with Crippen LogP contribution in [0.5, 0.6) is 11.6 Å². The van der Waals surface area contributed by atoms with E-state index >= 15 is 0 Å². The summed E-state index contributed by atoms with van der Waals surface area (Å²) < 4.78 is 16.4. The summed E-state index contributed by atoms with van der Waals surface area (Å²) in [5.41, 5.74) is 6.73. The zero-order valence-electron chi connectivity index (χ0n) is 13.6. The third kappa shape index (κ3) is 3.06. The van der Waals surface area contributed by atoms with E-state index in [1.54, 1.807) is 18.1 Å². The van der Waals surface area contributed by atoms with Gasteiger partial charge in [0.05, 0.1) is 19.8 Å². The highest BCUT2D eigenvalue weighted by molar-refractivity contribution is 5.67. The van der Waals surface area contributed by atoms with Crippen LogP contribution in [0.15, 0.2) is 12.1 Å². The van der Waals surface area contributed by atoms with E-state index < -0.39 is 0 Å². The van der Waals surface area contributed by atoms with Crippen LogP contribution in [0.4, 0.5) is 4.79 Å². The van der Waals surface area contributed by atoms with Crippen molar-refractivity contribution in [3.05, 3.63) is 17.8 Å². The number of likely N-dealkylation sites (tertiary alicyclic amines) is 1. The average Bonchev–Trinajstić information content (AvgIpc) is 2.55. The molecule has 1 atom stereocenters. The lowest BCUT2D eigenvalue weighted by Crippen LogP contribution is -2.52. The lowest BCUT2D eigenvalue weighted by molar-refractivity contribution is -0.0217. The Hall–Kier alpha value is -2.02. The summed E-state index contributed by atoms with van der Waals surface area (Å²) in [6, 6.07) is 3.45. The SMILES string of the molecule is CCOC(=O)N1CCC2(CC1)CC(N)c1nc(OC)ccc1O2. The minimum atomic E-state index is -0.328. The van der Waals surface area contributed by atoms with E-state index in [-0.39, 0.29) is 17.7 Å². The normalized spacial score (nSPS) is 22.2. The number of rotatable bonds is 2. The first-order valence-electron chi connectivity index (χ1n) is 7.98. The van der Waals surface area contributed by atoms with E-state index in [9.17, 15) is 4.79 Å². The molecule has 3 rings (SSSR count). The number of nitrogens with two attached hydrogens (primary N) is 1. The predicted molar refractivity (Wildman–Crippen MR) is 83.5 cm³/mol. The first-order chi connectivity index (χ1) is 11.1. The van der Waals surface area contributed by atoms with Crippen LogP contribution in [-0.2, 0) is 4.74 Å². The molecular formula is C16H23N3O4. The number of carbonyl (C=O) groups is 1. The lowest BCUT2D eigenvalue weighted by atomic mass is 9.82. The molecule has 1 saturated heterocycles. The second kappa shape index (κ2) is 6.23. The van der Waals surface area contributed by atoms with Gasteiger partial charge >= 0.3 is 6.09 Å². The van der Waals surface area contributed by atoms with Crippen molar-refractivity contribution in [3.63, 3.8) is 0 Å². The molecule has 1 spiro atoms.